The molecule has 2 aliphatic heterocycles. The highest BCUT2D eigenvalue weighted by atomic mass is 16.7. The number of fused-ring (bicyclic) bond motifs is 1. The molecule has 58 valence electrons. The van der Waals surface area contributed by atoms with E-state index in [0.29, 0.717) is 5.41 Å². The van der Waals surface area contributed by atoms with Crippen molar-refractivity contribution in [3.63, 3.8) is 0 Å². The first-order chi connectivity index (χ1) is 4.66. The van der Waals surface area contributed by atoms with Gasteiger partial charge in [-0.05, 0) is 19.8 Å². The topological polar surface area (TPSA) is 18.5 Å². The summed E-state index contributed by atoms with van der Waals surface area (Å²) in [6, 6.07) is 0. The summed E-state index contributed by atoms with van der Waals surface area (Å²) in [6.45, 7) is 6.06. The van der Waals surface area contributed by atoms with Gasteiger partial charge < -0.3 is 9.47 Å². The molecule has 2 saturated heterocycles. The van der Waals surface area contributed by atoms with Crippen molar-refractivity contribution in [2.75, 3.05) is 13.2 Å². The van der Waals surface area contributed by atoms with Crippen LogP contribution in [0.25, 0.3) is 0 Å². The molecular formula is C8H14O2. The molecular weight excluding hydrogens is 128 g/mol. The van der Waals surface area contributed by atoms with Gasteiger partial charge in [0.2, 0.25) is 0 Å². The smallest absolute Gasteiger partial charge is 0.170 e. The number of hydrogen-bond acceptors (Lipinski definition) is 2. The summed E-state index contributed by atoms with van der Waals surface area (Å²) in [5.41, 5.74) is 0.299. The average Bonchev–Trinajstić information content (AvgIpc) is 2.20. The zero-order chi connectivity index (χ0) is 7.24. The van der Waals surface area contributed by atoms with Crippen molar-refractivity contribution in [1.29, 1.82) is 0 Å². The van der Waals surface area contributed by atoms with Crippen LogP contribution in [0.5, 0.6) is 0 Å². The molecule has 0 aromatic heterocycles. The summed E-state index contributed by atoms with van der Waals surface area (Å²) in [7, 11) is 0. The summed E-state index contributed by atoms with van der Waals surface area (Å²) in [5.74, 6) is -0.257. The van der Waals surface area contributed by atoms with Gasteiger partial charge in [-0.25, -0.2) is 0 Å². The Bertz CT molecular complexity index is 127. The molecule has 2 heteroatoms. The van der Waals surface area contributed by atoms with Gasteiger partial charge >= 0.3 is 0 Å². The van der Waals surface area contributed by atoms with E-state index in [1.165, 1.54) is 0 Å². The molecule has 0 atom stereocenters. The Labute approximate surface area is 61.5 Å². The molecule has 2 rings (SSSR count). The highest BCUT2D eigenvalue weighted by molar-refractivity contribution is 4.96. The SMILES string of the molecule is CC12CCOC1(C)OCC2. The van der Waals surface area contributed by atoms with E-state index in [1.807, 2.05) is 0 Å². The summed E-state index contributed by atoms with van der Waals surface area (Å²) < 4.78 is 11.1. The maximum Gasteiger partial charge on any atom is 0.170 e. The second kappa shape index (κ2) is 1.74. The Morgan fingerprint density at radius 2 is 1.50 bits per heavy atom. The standard InChI is InChI=1S/C8H14O2/c1-7-3-5-9-8(7,2)10-6-4-7/h3-6H2,1-2H3. The minimum absolute atomic E-state index is 0.257. The molecule has 2 heterocycles. The molecule has 0 saturated carbocycles. The molecule has 0 aliphatic carbocycles. The van der Waals surface area contributed by atoms with E-state index >= 15 is 0 Å². The lowest BCUT2D eigenvalue weighted by Gasteiger charge is -2.30. The molecule has 10 heavy (non-hydrogen) atoms. The summed E-state index contributed by atoms with van der Waals surface area (Å²) in [4.78, 5) is 0. The fourth-order valence-electron chi connectivity index (χ4n) is 1.91. The van der Waals surface area contributed by atoms with Gasteiger partial charge in [0.15, 0.2) is 5.79 Å². The van der Waals surface area contributed by atoms with E-state index < -0.39 is 0 Å². The van der Waals surface area contributed by atoms with Crippen LogP contribution in [0, 0.1) is 5.41 Å². The molecule has 2 nitrogen and oxygen atoms in total. The maximum atomic E-state index is 5.55. The zero-order valence-corrected chi connectivity index (χ0v) is 6.64. The Balaban J connectivity index is 2.30. The second-order valence-corrected chi connectivity index (χ2v) is 3.70. The monoisotopic (exact) mass is 142 g/mol. The summed E-state index contributed by atoms with van der Waals surface area (Å²) in [5, 5.41) is 0. The third-order valence-electron chi connectivity index (χ3n) is 3.16. The van der Waals surface area contributed by atoms with Gasteiger partial charge in [0.05, 0.1) is 13.2 Å². The predicted molar refractivity (Wildman–Crippen MR) is 37.7 cm³/mol. The molecule has 0 aromatic carbocycles. The Morgan fingerprint density at radius 3 is 1.90 bits per heavy atom. The van der Waals surface area contributed by atoms with Crippen molar-refractivity contribution in [2.24, 2.45) is 5.41 Å². The highest BCUT2D eigenvalue weighted by Gasteiger charge is 2.54. The largest absolute Gasteiger partial charge is 0.350 e. The summed E-state index contributed by atoms with van der Waals surface area (Å²) in [6.07, 6.45) is 2.31. The van der Waals surface area contributed by atoms with Crippen LogP contribution in [-0.4, -0.2) is 19.0 Å². The normalized spacial score (nSPS) is 53.4. The third kappa shape index (κ3) is 0.611. The summed E-state index contributed by atoms with van der Waals surface area (Å²) >= 11 is 0. The van der Waals surface area contributed by atoms with E-state index in [1.54, 1.807) is 0 Å². The van der Waals surface area contributed by atoms with Crippen LogP contribution in [0.15, 0.2) is 0 Å². The van der Waals surface area contributed by atoms with Crippen LogP contribution in [0.3, 0.4) is 0 Å². The minimum Gasteiger partial charge on any atom is -0.350 e. The quantitative estimate of drug-likeness (QED) is 0.511. The van der Waals surface area contributed by atoms with Crippen LogP contribution >= 0.6 is 0 Å². The Morgan fingerprint density at radius 1 is 1.00 bits per heavy atom. The van der Waals surface area contributed by atoms with Gasteiger partial charge in [0, 0.05) is 5.41 Å². The number of ether oxygens (including phenoxy) is 2. The number of hydrogen-bond donors (Lipinski definition) is 0. The molecule has 2 fully saturated rings. The first-order valence-corrected chi connectivity index (χ1v) is 3.94. The highest BCUT2D eigenvalue weighted by Crippen LogP contribution is 2.50. The zero-order valence-electron chi connectivity index (χ0n) is 6.64. The fraction of sp³-hybridized carbons (Fsp3) is 1.00. The van der Waals surface area contributed by atoms with Crippen molar-refractivity contribution in [3.05, 3.63) is 0 Å². The molecule has 0 radical (unpaired) electrons. The number of rotatable bonds is 0. The van der Waals surface area contributed by atoms with Crippen LogP contribution in [-0.2, 0) is 9.47 Å². The molecule has 0 spiro atoms. The Hall–Kier alpha value is -0.0800. The van der Waals surface area contributed by atoms with Gasteiger partial charge in [-0.1, -0.05) is 6.92 Å². The predicted octanol–water partition coefficient (Wildman–Crippen LogP) is 1.55. The Kier molecular flexibility index (Phi) is 1.15. The van der Waals surface area contributed by atoms with E-state index in [4.69, 9.17) is 9.47 Å². The van der Waals surface area contributed by atoms with Crippen molar-refractivity contribution in [3.8, 4) is 0 Å². The van der Waals surface area contributed by atoms with Gasteiger partial charge in [-0.3, -0.25) is 0 Å². The van der Waals surface area contributed by atoms with Gasteiger partial charge in [-0.15, -0.1) is 0 Å². The molecule has 0 aromatic rings. The van der Waals surface area contributed by atoms with Crippen molar-refractivity contribution in [2.45, 2.75) is 32.5 Å². The van der Waals surface area contributed by atoms with Gasteiger partial charge in [-0.2, -0.15) is 0 Å². The maximum absolute atomic E-state index is 5.55. The average molecular weight is 142 g/mol. The fourth-order valence-corrected chi connectivity index (χ4v) is 1.91. The van der Waals surface area contributed by atoms with E-state index in [2.05, 4.69) is 13.8 Å². The van der Waals surface area contributed by atoms with Gasteiger partial charge in [0.1, 0.15) is 0 Å². The van der Waals surface area contributed by atoms with Crippen molar-refractivity contribution >= 4 is 0 Å². The second-order valence-electron chi connectivity index (χ2n) is 3.70. The first-order valence-electron chi connectivity index (χ1n) is 3.94. The van der Waals surface area contributed by atoms with Crippen LogP contribution in [0.4, 0.5) is 0 Å². The van der Waals surface area contributed by atoms with E-state index in [0.717, 1.165) is 26.1 Å². The van der Waals surface area contributed by atoms with Crippen molar-refractivity contribution in [1.82, 2.24) is 0 Å². The molecule has 0 bridgehead atoms. The lowest BCUT2D eigenvalue weighted by atomic mass is 9.81. The molecule has 2 aliphatic rings. The van der Waals surface area contributed by atoms with Crippen LogP contribution in [0.1, 0.15) is 26.7 Å². The van der Waals surface area contributed by atoms with Gasteiger partial charge in [0.25, 0.3) is 0 Å². The lowest BCUT2D eigenvalue weighted by molar-refractivity contribution is -0.200. The minimum atomic E-state index is -0.257. The van der Waals surface area contributed by atoms with Crippen molar-refractivity contribution < 1.29 is 9.47 Å². The van der Waals surface area contributed by atoms with E-state index in [-0.39, 0.29) is 5.79 Å². The molecule has 0 unspecified atom stereocenters. The molecule has 0 amide bonds. The van der Waals surface area contributed by atoms with Crippen LogP contribution in [0.2, 0.25) is 0 Å². The van der Waals surface area contributed by atoms with E-state index in [9.17, 15) is 0 Å². The molecule has 0 N–H and O–H groups in total. The lowest BCUT2D eigenvalue weighted by Crippen LogP contribution is -2.36. The third-order valence-corrected chi connectivity index (χ3v) is 3.16. The van der Waals surface area contributed by atoms with Crippen LogP contribution < -0.4 is 0 Å². The first kappa shape index (κ1) is 6.62.